The Morgan fingerprint density at radius 1 is 1.03 bits per heavy atom. The lowest BCUT2D eigenvalue weighted by Crippen LogP contribution is -2.33. The minimum atomic E-state index is 0.130. The number of benzene rings is 1. The second-order valence-corrected chi connectivity index (χ2v) is 9.98. The van der Waals surface area contributed by atoms with E-state index in [1.165, 1.54) is 32.4 Å². The van der Waals surface area contributed by atoms with Crippen LogP contribution in [0.4, 0.5) is 5.95 Å². The smallest absolute Gasteiger partial charge is 0.253 e. The Hall–Kier alpha value is -2.80. The molecule has 0 unspecified atom stereocenters. The van der Waals surface area contributed by atoms with Crippen molar-refractivity contribution in [2.75, 3.05) is 38.0 Å². The first-order valence-electron chi connectivity index (χ1n) is 14.0. The van der Waals surface area contributed by atoms with E-state index < -0.39 is 0 Å². The van der Waals surface area contributed by atoms with E-state index in [2.05, 4.69) is 34.7 Å². The Morgan fingerprint density at radius 3 is 2.50 bits per heavy atom. The summed E-state index contributed by atoms with van der Waals surface area (Å²) in [5.41, 5.74) is 2.69. The van der Waals surface area contributed by atoms with Crippen LogP contribution in [0, 0.1) is 0 Å². The van der Waals surface area contributed by atoms with E-state index in [0.29, 0.717) is 6.54 Å². The molecule has 0 spiro atoms. The predicted molar refractivity (Wildman–Crippen MR) is 146 cm³/mol. The third kappa shape index (κ3) is 6.90. The molecule has 1 saturated heterocycles. The van der Waals surface area contributed by atoms with Gasteiger partial charge < -0.3 is 24.1 Å². The van der Waals surface area contributed by atoms with Gasteiger partial charge in [0, 0.05) is 25.2 Å². The van der Waals surface area contributed by atoms with Gasteiger partial charge in [0.2, 0.25) is 5.95 Å². The van der Waals surface area contributed by atoms with Crippen LogP contribution >= 0.6 is 0 Å². The molecule has 0 bridgehead atoms. The number of rotatable bonds is 14. The van der Waals surface area contributed by atoms with Gasteiger partial charge in [-0.25, -0.2) is 4.98 Å². The van der Waals surface area contributed by atoms with Gasteiger partial charge in [-0.2, -0.15) is 0 Å². The van der Waals surface area contributed by atoms with Crippen LogP contribution in [-0.4, -0.2) is 58.0 Å². The number of carbonyl (C=O) groups excluding carboxylic acids is 1. The Labute approximate surface area is 215 Å². The summed E-state index contributed by atoms with van der Waals surface area (Å²) in [6, 6.07) is 9.86. The molecule has 4 rings (SSSR count). The van der Waals surface area contributed by atoms with Crippen molar-refractivity contribution in [3.8, 4) is 0 Å². The maximum Gasteiger partial charge on any atom is 0.253 e. The third-order valence-corrected chi connectivity index (χ3v) is 7.15. The number of hydrogen-bond donors (Lipinski definition) is 1. The number of nitrogens with one attached hydrogen (secondary N) is 1. The highest BCUT2D eigenvalue weighted by Crippen LogP contribution is 2.24. The van der Waals surface area contributed by atoms with Gasteiger partial charge in [0.1, 0.15) is 5.76 Å². The first-order chi connectivity index (χ1) is 17.7. The van der Waals surface area contributed by atoms with Crippen LogP contribution in [0.1, 0.15) is 81.3 Å². The van der Waals surface area contributed by atoms with Crippen LogP contribution < -0.4 is 5.32 Å². The molecule has 1 aliphatic rings. The fraction of sp³-hybridized carbons (Fsp3) is 0.586. The lowest BCUT2D eigenvalue weighted by atomic mass is 10.1. The number of carbonyl (C=O) groups is 1. The van der Waals surface area contributed by atoms with Gasteiger partial charge in [-0.05, 0) is 82.1 Å². The third-order valence-electron chi connectivity index (χ3n) is 7.15. The van der Waals surface area contributed by atoms with Gasteiger partial charge in [0.25, 0.3) is 5.91 Å². The van der Waals surface area contributed by atoms with Crippen LogP contribution in [0.3, 0.4) is 0 Å². The molecule has 0 radical (unpaired) electrons. The molecule has 36 heavy (non-hydrogen) atoms. The Morgan fingerprint density at radius 2 is 1.81 bits per heavy atom. The molecule has 0 aliphatic carbocycles. The maximum atomic E-state index is 13.5. The lowest BCUT2D eigenvalue weighted by molar-refractivity contribution is 0.0751. The van der Waals surface area contributed by atoms with Crippen molar-refractivity contribution in [3.63, 3.8) is 0 Å². The summed E-state index contributed by atoms with van der Waals surface area (Å²) in [5, 5.41) is 3.47. The number of piperidine rings is 1. The van der Waals surface area contributed by atoms with E-state index >= 15 is 0 Å². The standard InChI is InChI=1S/C29H43N5O2/c1-3-5-18-33(19-6-4-2)28(35)24-13-14-26-27(22-24)34(20-11-17-32-15-8-7-9-16-32)29(31-26)30-23-25-12-10-21-36-25/h10,12-14,21-22H,3-9,11,15-20,23H2,1-2H3,(H,30,31). The molecule has 1 fully saturated rings. The van der Waals surface area contributed by atoms with Gasteiger partial charge in [-0.3, -0.25) is 4.79 Å². The zero-order chi connectivity index (χ0) is 25.2. The highest BCUT2D eigenvalue weighted by Gasteiger charge is 2.19. The van der Waals surface area contributed by atoms with Gasteiger partial charge in [-0.15, -0.1) is 0 Å². The second-order valence-electron chi connectivity index (χ2n) is 9.98. The fourth-order valence-corrected chi connectivity index (χ4v) is 5.03. The molecular formula is C29H43N5O2. The first-order valence-corrected chi connectivity index (χ1v) is 14.0. The largest absolute Gasteiger partial charge is 0.467 e. The minimum absolute atomic E-state index is 0.130. The highest BCUT2D eigenvalue weighted by atomic mass is 16.3. The number of hydrogen-bond acceptors (Lipinski definition) is 5. The number of aryl methyl sites for hydroxylation is 1. The monoisotopic (exact) mass is 493 g/mol. The number of likely N-dealkylation sites (tertiary alicyclic amines) is 1. The molecule has 1 aromatic carbocycles. The van der Waals surface area contributed by atoms with Crippen molar-refractivity contribution in [3.05, 3.63) is 47.9 Å². The molecule has 1 N–H and O–H groups in total. The minimum Gasteiger partial charge on any atom is -0.467 e. The van der Waals surface area contributed by atoms with Crippen LogP contribution in [0.25, 0.3) is 11.0 Å². The second kappa shape index (κ2) is 13.5. The van der Waals surface area contributed by atoms with Crippen molar-refractivity contribution >= 4 is 22.9 Å². The topological polar surface area (TPSA) is 66.5 Å². The molecular weight excluding hydrogens is 450 g/mol. The van der Waals surface area contributed by atoms with E-state index in [-0.39, 0.29) is 5.91 Å². The molecule has 2 aromatic heterocycles. The van der Waals surface area contributed by atoms with Gasteiger partial charge in [0.15, 0.2) is 0 Å². The zero-order valence-corrected chi connectivity index (χ0v) is 22.2. The molecule has 1 aliphatic heterocycles. The highest BCUT2D eigenvalue weighted by molar-refractivity contribution is 5.97. The van der Waals surface area contributed by atoms with Crippen LogP contribution in [-0.2, 0) is 13.1 Å². The number of anilines is 1. The quantitative estimate of drug-likeness (QED) is 0.291. The lowest BCUT2D eigenvalue weighted by Gasteiger charge is -2.26. The van der Waals surface area contributed by atoms with E-state index in [9.17, 15) is 4.79 Å². The average molecular weight is 494 g/mol. The zero-order valence-electron chi connectivity index (χ0n) is 22.2. The summed E-state index contributed by atoms with van der Waals surface area (Å²) in [6.45, 7) is 10.9. The predicted octanol–water partition coefficient (Wildman–Crippen LogP) is 6.16. The van der Waals surface area contributed by atoms with Gasteiger partial charge in [-0.1, -0.05) is 33.1 Å². The van der Waals surface area contributed by atoms with Crippen molar-refractivity contribution in [1.82, 2.24) is 19.4 Å². The number of amides is 1. The maximum absolute atomic E-state index is 13.5. The average Bonchev–Trinajstić information content (AvgIpc) is 3.55. The van der Waals surface area contributed by atoms with Gasteiger partial charge >= 0.3 is 0 Å². The SMILES string of the molecule is CCCCN(CCCC)C(=O)c1ccc2nc(NCc3ccco3)n(CCCN3CCCCC3)c2c1. The molecule has 196 valence electrons. The van der Waals surface area contributed by atoms with Crippen LogP contribution in [0.5, 0.6) is 0 Å². The number of imidazole rings is 1. The summed E-state index contributed by atoms with van der Waals surface area (Å²) >= 11 is 0. The Bertz CT molecular complexity index is 1060. The van der Waals surface area contributed by atoms with Crippen molar-refractivity contribution in [1.29, 1.82) is 0 Å². The number of fused-ring (bicyclic) bond motifs is 1. The van der Waals surface area contributed by atoms with E-state index in [1.54, 1.807) is 6.26 Å². The normalized spacial score (nSPS) is 14.4. The molecule has 1 amide bonds. The Balaban J connectivity index is 1.56. The number of nitrogens with zero attached hydrogens (tertiary/aromatic N) is 4. The van der Waals surface area contributed by atoms with Crippen molar-refractivity contribution in [2.24, 2.45) is 0 Å². The van der Waals surface area contributed by atoms with E-state index in [1.807, 2.05) is 29.2 Å². The molecule has 7 nitrogen and oxygen atoms in total. The van der Waals surface area contributed by atoms with Gasteiger partial charge in [0.05, 0.1) is 23.8 Å². The van der Waals surface area contributed by atoms with Crippen molar-refractivity contribution < 1.29 is 9.21 Å². The molecule has 7 heteroatoms. The van der Waals surface area contributed by atoms with Crippen molar-refractivity contribution in [2.45, 2.75) is 78.3 Å². The summed E-state index contributed by atoms with van der Waals surface area (Å²) in [7, 11) is 0. The molecule has 0 atom stereocenters. The summed E-state index contributed by atoms with van der Waals surface area (Å²) in [6.07, 6.45) is 11.0. The van der Waals surface area contributed by atoms with Crippen LogP contribution in [0.15, 0.2) is 41.0 Å². The number of aromatic nitrogens is 2. The molecule has 0 saturated carbocycles. The first kappa shape index (κ1) is 26.3. The summed E-state index contributed by atoms with van der Waals surface area (Å²) in [5.74, 6) is 1.84. The Kier molecular flexibility index (Phi) is 9.84. The molecule has 3 heterocycles. The van der Waals surface area contributed by atoms with E-state index in [4.69, 9.17) is 9.40 Å². The number of furan rings is 1. The summed E-state index contributed by atoms with van der Waals surface area (Å²) in [4.78, 5) is 23.0. The molecule has 3 aromatic rings. The number of unbranched alkanes of at least 4 members (excludes halogenated alkanes) is 2. The fourth-order valence-electron chi connectivity index (χ4n) is 5.03. The summed E-state index contributed by atoms with van der Waals surface area (Å²) < 4.78 is 7.77. The van der Waals surface area contributed by atoms with E-state index in [0.717, 1.165) is 86.6 Å². The van der Waals surface area contributed by atoms with Crippen LogP contribution in [0.2, 0.25) is 0 Å².